The van der Waals surface area contributed by atoms with Crippen molar-refractivity contribution in [3.05, 3.63) is 34.4 Å². The molecule has 0 bridgehead atoms. The van der Waals surface area contributed by atoms with E-state index in [1.807, 2.05) is 13.8 Å². The lowest BCUT2D eigenvalue weighted by Gasteiger charge is -2.28. The van der Waals surface area contributed by atoms with Crippen molar-refractivity contribution in [2.24, 2.45) is 0 Å². The van der Waals surface area contributed by atoms with Gasteiger partial charge in [-0.25, -0.2) is 4.79 Å². The molecule has 1 aromatic carbocycles. The summed E-state index contributed by atoms with van der Waals surface area (Å²) in [4.78, 5) is 11.1. The lowest BCUT2D eigenvalue weighted by atomic mass is 9.95. The summed E-state index contributed by atoms with van der Waals surface area (Å²) in [5.41, 5.74) is 1.19. The number of rotatable bonds is 3. The molecule has 114 valence electrons. The Hall–Kier alpha value is -1.98. The zero-order chi connectivity index (χ0) is 15.8. The van der Waals surface area contributed by atoms with Gasteiger partial charge in [-0.1, -0.05) is 19.9 Å². The van der Waals surface area contributed by atoms with Crippen molar-refractivity contribution in [2.45, 2.75) is 39.0 Å². The molecule has 0 fully saturated rings. The van der Waals surface area contributed by atoms with Crippen molar-refractivity contribution in [3.63, 3.8) is 0 Å². The first-order valence-electron chi connectivity index (χ1n) is 6.62. The topological polar surface area (TPSA) is 46.5 Å². The van der Waals surface area contributed by atoms with Crippen molar-refractivity contribution >= 4 is 12.0 Å². The molecule has 0 radical (unpaired) electrons. The molecule has 1 N–H and O–H groups in total. The highest BCUT2D eigenvalue weighted by Crippen LogP contribution is 2.40. The maximum absolute atomic E-state index is 13.0. The minimum absolute atomic E-state index is 0.127. The summed E-state index contributed by atoms with van der Waals surface area (Å²) in [7, 11) is 0. The van der Waals surface area contributed by atoms with Gasteiger partial charge in [-0.05, 0) is 36.1 Å². The average molecular weight is 300 g/mol. The van der Waals surface area contributed by atoms with Crippen LogP contribution in [-0.2, 0) is 17.6 Å². The largest absolute Gasteiger partial charge is 0.478 e. The van der Waals surface area contributed by atoms with Gasteiger partial charge in [-0.3, -0.25) is 0 Å². The molecular weight excluding hydrogens is 285 g/mol. The molecule has 0 amide bonds. The Bertz CT molecular complexity index is 603. The van der Waals surface area contributed by atoms with E-state index in [4.69, 9.17) is 9.84 Å². The van der Waals surface area contributed by atoms with Gasteiger partial charge < -0.3 is 9.84 Å². The van der Waals surface area contributed by atoms with E-state index in [0.29, 0.717) is 24.0 Å². The second kappa shape index (κ2) is 5.42. The fraction of sp³-hybridized carbons (Fsp3) is 0.400. The van der Waals surface area contributed by atoms with Crippen LogP contribution in [0.2, 0.25) is 0 Å². The SMILES string of the molecule is CCc1cc2c(c(CC)c1)O[C@@H](C(F)(F)F)C(C(=O)O)=C2. The highest BCUT2D eigenvalue weighted by atomic mass is 19.4. The third kappa shape index (κ3) is 2.89. The van der Waals surface area contributed by atoms with Gasteiger partial charge in [0, 0.05) is 5.56 Å². The van der Waals surface area contributed by atoms with E-state index >= 15 is 0 Å². The van der Waals surface area contributed by atoms with Crippen molar-refractivity contribution < 1.29 is 27.8 Å². The van der Waals surface area contributed by atoms with Gasteiger partial charge in [-0.15, -0.1) is 0 Å². The van der Waals surface area contributed by atoms with Gasteiger partial charge in [0.25, 0.3) is 0 Å². The van der Waals surface area contributed by atoms with E-state index in [9.17, 15) is 18.0 Å². The summed E-state index contributed by atoms with van der Waals surface area (Å²) >= 11 is 0. The number of aryl methyl sites for hydroxylation is 2. The highest BCUT2D eigenvalue weighted by Gasteiger charge is 2.48. The Morgan fingerprint density at radius 1 is 1.29 bits per heavy atom. The van der Waals surface area contributed by atoms with Gasteiger partial charge in [0.1, 0.15) is 5.75 Å². The molecule has 1 aromatic rings. The molecule has 0 saturated carbocycles. The Kier molecular flexibility index (Phi) is 3.98. The van der Waals surface area contributed by atoms with E-state index in [1.165, 1.54) is 0 Å². The molecule has 1 heterocycles. The summed E-state index contributed by atoms with van der Waals surface area (Å²) in [5, 5.41) is 9.00. The van der Waals surface area contributed by atoms with Gasteiger partial charge >= 0.3 is 12.1 Å². The van der Waals surface area contributed by atoms with Crippen LogP contribution >= 0.6 is 0 Å². The zero-order valence-electron chi connectivity index (χ0n) is 11.6. The van der Waals surface area contributed by atoms with E-state index in [0.717, 1.165) is 11.6 Å². The standard InChI is InChI=1S/C15H15F3O3/c1-3-8-5-9(4-2)12-10(6-8)7-11(14(19)20)13(21-12)15(16,17)18/h5-7,13H,3-4H2,1-2H3,(H,19,20)/t13-/m1/s1. The Morgan fingerprint density at radius 3 is 2.43 bits per heavy atom. The lowest BCUT2D eigenvalue weighted by molar-refractivity contribution is -0.187. The highest BCUT2D eigenvalue weighted by molar-refractivity contribution is 5.95. The third-order valence-electron chi connectivity index (χ3n) is 3.42. The summed E-state index contributed by atoms with van der Waals surface area (Å²) in [5.74, 6) is -1.50. The van der Waals surface area contributed by atoms with Gasteiger partial charge in [0.15, 0.2) is 0 Å². The van der Waals surface area contributed by atoms with Crippen LogP contribution in [0.4, 0.5) is 13.2 Å². The first-order chi connectivity index (χ1) is 9.77. The fourth-order valence-corrected chi connectivity index (χ4v) is 2.34. The number of ether oxygens (including phenoxy) is 1. The Labute approximate surface area is 120 Å². The molecule has 0 aromatic heterocycles. The van der Waals surface area contributed by atoms with Gasteiger partial charge in [0.2, 0.25) is 6.10 Å². The number of hydrogen-bond donors (Lipinski definition) is 1. The van der Waals surface area contributed by atoms with Crippen LogP contribution in [0, 0.1) is 0 Å². The van der Waals surface area contributed by atoms with Crippen molar-refractivity contribution in [2.75, 3.05) is 0 Å². The summed E-state index contributed by atoms with van der Waals surface area (Å²) in [6.45, 7) is 3.74. The molecule has 3 nitrogen and oxygen atoms in total. The van der Waals surface area contributed by atoms with Gasteiger partial charge in [-0.2, -0.15) is 13.2 Å². The molecule has 6 heteroatoms. The molecule has 0 unspecified atom stereocenters. The molecule has 2 rings (SSSR count). The number of carboxylic acids is 1. The number of halogens is 3. The van der Waals surface area contributed by atoms with Crippen LogP contribution in [0.1, 0.15) is 30.5 Å². The molecule has 21 heavy (non-hydrogen) atoms. The smallest absolute Gasteiger partial charge is 0.430 e. The summed E-state index contributed by atoms with van der Waals surface area (Å²) in [6, 6.07) is 3.47. The average Bonchev–Trinajstić information content (AvgIpc) is 2.43. The second-order valence-corrected chi connectivity index (χ2v) is 4.82. The number of benzene rings is 1. The first kappa shape index (κ1) is 15.4. The van der Waals surface area contributed by atoms with Crippen molar-refractivity contribution in [3.8, 4) is 5.75 Å². The minimum atomic E-state index is -4.77. The van der Waals surface area contributed by atoms with Crippen LogP contribution in [0.3, 0.4) is 0 Å². The number of carboxylic acid groups (broad SMARTS) is 1. The van der Waals surface area contributed by atoms with Crippen LogP contribution in [0.25, 0.3) is 6.08 Å². The zero-order valence-corrected chi connectivity index (χ0v) is 11.6. The number of alkyl halides is 3. The summed E-state index contributed by atoms with van der Waals surface area (Å²) in [6.07, 6.45) is -4.91. The predicted octanol–water partition coefficient (Wildman–Crippen LogP) is 3.60. The van der Waals surface area contributed by atoms with E-state index in [-0.39, 0.29) is 5.75 Å². The van der Waals surface area contributed by atoms with E-state index < -0.39 is 23.8 Å². The maximum Gasteiger partial charge on any atom is 0.430 e. The molecular formula is C15H15F3O3. The summed E-state index contributed by atoms with van der Waals surface area (Å²) < 4.78 is 44.0. The predicted molar refractivity (Wildman–Crippen MR) is 71.3 cm³/mol. The van der Waals surface area contributed by atoms with Crippen LogP contribution in [0.5, 0.6) is 5.75 Å². The molecule has 0 saturated heterocycles. The van der Waals surface area contributed by atoms with E-state index in [2.05, 4.69) is 0 Å². The molecule has 0 aliphatic carbocycles. The van der Waals surface area contributed by atoms with Crippen molar-refractivity contribution in [1.29, 1.82) is 0 Å². The monoisotopic (exact) mass is 300 g/mol. The Balaban J connectivity index is 2.62. The molecule has 1 aliphatic heterocycles. The normalized spacial score (nSPS) is 17.8. The number of fused-ring (bicyclic) bond motifs is 1. The third-order valence-corrected chi connectivity index (χ3v) is 3.42. The fourth-order valence-electron chi connectivity index (χ4n) is 2.34. The van der Waals surface area contributed by atoms with E-state index in [1.54, 1.807) is 12.1 Å². The first-order valence-corrected chi connectivity index (χ1v) is 6.62. The Morgan fingerprint density at radius 2 is 1.95 bits per heavy atom. The van der Waals surface area contributed by atoms with Gasteiger partial charge in [0.05, 0.1) is 5.57 Å². The second-order valence-electron chi connectivity index (χ2n) is 4.82. The maximum atomic E-state index is 13.0. The molecule has 1 aliphatic rings. The van der Waals surface area contributed by atoms with Crippen LogP contribution in [-0.4, -0.2) is 23.4 Å². The van der Waals surface area contributed by atoms with Crippen LogP contribution < -0.4 is 4.74 Å². The minimum Gasteiger partial charge on any atom is -0.478 e. The number of carbonyl (C=O) groups is 1. The molecule has 1 atom stereocenters. The lowest BCUT2D eigenvalue weighted by Crippen LogP contribution is -2.40. The number of aliphatic carboxylic acids is 1. The van der Waals surface area contributed by atoms with Crippen LogP contribution in [0.15, 0.2) is 17.7 Å². The van der Waals surface area contributed by atoms with Crippen molar-refractivity contribution in [1.82, 2.24) is 0 Å². The quantitative estimate of drug-likeness (QED) is 0.927. The number of hydrogen-bond acceptors (Lipinski definition) is 2. The molecule has 0 spiro atoms.